The third-order valence-electron chi connectivity index (χ3n) is 5.22. The van der Waals surface area contributed by atoms with Gasteiger partial charge < -0.3 is 19.2 Å². The maximum atomic E-state index is 5.58. The highest BCUT2D eigenvalue weighted by Gasteiger charge is 2.18. The van der Waals surface area contributed by atoms with Gasteiger partial charge in [0.15, 0.2) is 11.5 Å². The average Bonchev–Trinajstić information content (AvgIpc) is 3.20. The van der Waals surface area contributed by atoms with Crippen molar-refractivity contribution in [2.45, 2.75) is 13.8 Å². The smallest absolute Gasteiger partial charge is 0.209 e. The number of ether oxygens (including phenoxy) is 3. The van der Waals surface area contributed by atoms with Crippen molar-refractivity contribution in [1.82, 2.24) is 4.68 Å². The molecule has 3 aromatic rings. The second kappa shape index (κ2) is 8.93. The van der Waals surface area contributed by atoms with Gasteiger partial charge in [-0.05, 0) is 49.2 Å². The van der Waals surface area contributed by atoms with Gasteiger partial charge in [-0.15, -0.1) is 11.3 Å². The molecule has 0 spiro atoms. The van der Waals surface area contributed by atoms with Crippen molar-refractivity contribution in [3.05, 3.63) is 57.7 Å². The number of aryl methyl sites for hydroxylation is 2. The minimum absolute atomic E-state index is 0.705. The number of nitrogens with zero attached hydrogens (tertiary/aromatic N) is 3. The van der Waals surface area contributed by atoms with Crippen LogP contribution < -0.4 is 19.3 Å². The van der Waals surface area contributed by atoms with Gasteiger partial charge in [0.05, 0.1) is 51.9 Å². The van der Waals surface area contributed by atoms with E-state index < -0.39 is 0 Å². The lowest BCUT2D eigenvalue weighted by Crippen LogP contribution is -2.48. The molecule has 4 rings (SSSR count). The molecule has 0 bridgehead atoms. The zero-order valence-corrected chi connectivity index (χ0v) is 18.7. The lowest BCUT2D eigenvalue weighted by Gasteiger charge is -2.31. The molecule has 0 atom stereocenters. The standard InChI is InChI=1S/C23H27N3O3S/c1-16-5-6-17(2)19(13-16)24-23-26(25-9-11-29-12-10-25)20(15-30-23)18-7-8-21(27-3)22(14-18)28-4/h5-8,13-15H,9-12H2,1-4H3. The number of hydrogen-bond acceptors (Lipinski definition) is 6. The molecule has 158 valence electrons. The number of thiazole rings is 1. The predicted molar refractivity (Wildman–Crippen MR) is 121 cm³/mol. The molecule has 0 unspecified atom stereocenters. The minimum Gasteiger partial charge on any atom is -0.493 e. The maximum absolute atomic E-state index is 5.58. The van der Waals surface area contributed by atoms with E-state index in [9.17, 15) is 0 Å². The van der Waals surface area contributed by atoms with Crippen molar-refractivity contribution in [3.63, 3.8) is 0 Å². The molecule has 7 heteroatoms. The van der Waals surface area contributed by atoms with Gasteiger partial charge in [0, 0.05) is 10.9 Å². The second-order valence-corrected chi connectivity index (χ2v) is 8.09. The zero-order valence-electron chi connectivity index (χ0n) is 17.8. The highest BCUT2D eigenvalue weighted by molar-refractivity contribution is 7.07. The molecule has 0 radical (unpaired) electrons. The lowest BCUT2D eigenvalue weighted by atomic mass is 10.1. The van der Waals surface area contributed by atoms with Crippen LogP contribution in [0.1, 0.15) is 11.1 Å². The average molecular weight is 426 g/mol. The van der Waals surface area contributed by atoms with Crippen molar-refractivity contribution in [2.75, 3.05) is 45.5 Å². The van der Waals surface area contributed by atoms with Crippen molar-refractivity contribution in [2.24, 2.45) is 4.99 Å². The van der Waals surface area contributed by atoms with Crippen LogP contribution in [-0.2, 0) is 4.74 Å². The quantitative estimate of drug-likeness (QED) is 0.619. The van der Waals surface area contributed by atoms with Crippen LogP contribution in [0.4, 0.5) is 5.69 Å². The van der Waals surface area contributed by atoms with Crippen LogP contribution in [0.15, 0.2) is 46.8 Å². The largest absolute Gasteiger partial charge is 0.493 e. The van der Waals surface area contributed by atoms with Crippen LogP contribution >= 0.6 is 11.3 Å². The molecule has 1 aliphatic heterocycles. The van der Waals surface area contributed by atoms with E-state index in [1.807, 2.05) is 12.1 Å². The summed E-state index contributed by atoms with van der Waals surface area (Å²) in [6, 6.07) is 12.4. The monoisotopic (exact) mass is 425 g/mol. The Kier molecular flexibility index (Phi) is 6.11. The van der Waals surface area contributed by atoms with Crippen LogP contribution in [-0.4, -0.2) is 45.2 Å². The van der Waals surface area contributed by atoms with Gasteiger partial charge in [-0.25, -0.2) is 9.67 Å². The van der Waals surface area contributed by atoms with Crippen LogP contribution in [0.2, 0.25) is 0 Å². The van der Waals surface area contributed by atoms with Gasteiger partial charge in [0.25, 0.3) is 0 Å². The molecule has 1 fully saturated rings. The fraction of sp³-hybridized carbons (Fsp3) is 0.348. The van der Waals surface area contributed by atoms with Crippen LogP contribution in [0.5, 0.6) is 11.5 Å². The Morgan fingerprint density at radius 2 is 1.73 bits per heavy atom. The lowest BCUT2D eigenvalue weighted by molar-refractivity contribution is 0.111. The Hall–Kier alpha value is -2.77. The summed E-state index contributed by atoms with van der Waals surface area (Å²) >= 11 is 1.64. The second-order valence-electron chi connectivity index (χ2n) is 7.25. The number of methoxy groups -OCH3 is 2. The Bertz CT molecular complexity index is 1100. The maximum Gasteiger partial charge on any atom is 0.209 e. The Labute approximate surface area is 180 Å². The van der Waals surface area contributed by atoms with Gasteiger partial charge in [0.2, 0.25) is 4.80 Å². The molecule has 0 aliphatic carbocycles. The highest BCUT2D eigenvalue weighted by atomic mass is 32.1. The SMILES string of the molecule is COc1ccc(-c2csc(=Nc3cc(C)ccc3C)n2N2CCOCC2)cc1OC. The summed E-state index contributed by atoms with van der Waals surface area (Å²) in [4.78, 5) is 5.98. The number of benzene rings is 2. The number of rotatable bonds is 5. The van der Waals surface area contributed by atoms with Gasteiger partial charge in [0.1, 0.15) is 0 Å². The summed E-state index contributed by atoms with van der Waals surface area (Å²) in [5.74, 6) is 1.43. The summed E-state index contributed by atoms with van der Waals surface area (Å²) in [5.41, 5.74) is 5.49. The Morgan fingerprint density at radius 1 is 0.967 bits per heavy atom. The van der Waals surface area contributed by atoms with E-state index in [1.165, 1.54) is 5.56 Å². The third-order valence-corrected chi connectivity index (χ3v) is 6.03. The van der Waals surface area contributed by atoms with Gasteiger partial charge in [-0.1, -0.05) is 12.1 Å². The first-order valence-corrected chi connectivity index (χ1v) is 10.9. The molecule has 0 N–H and O–H groups in total. The summed E-state index contributed by atoms with van der Waals surface area (Å²) in [5, 5.41) is 4.46. The van der Waals surface area contributed by atoms with E-state index >= 15 is 0 Å². The normalized spacial score (nSPS) is 14.8. The first-order chi connectivity index (χ1) is 14.6. The zero-order chi connectivity index (χ0) is 21.1. The summed E-state index contributed by atoms with van der Waals surface area (Å²) in [7, 11) is 3.31. The van der Waals surface area contributed by atoms with E-state index in [2.05, 4.69) is 53.2 Å². The third kappa shape index (κ3) is 4.08. The van der Waals surface area contributed by atoms with Crippen LogP contribution in [0.3, 0.4) is 0 Å². The molecule has 0 amide bonds. The van der Waals surface area contributed by atoms with Crippen molar-refractivity contribution in [3.8, 4) is 22.8 Å². The molecule has 0 saturated carbocycles. The van der Waals surface area contributed by atoms with E-state index in [1.54, 1.807) is 25.6 Å². The molecule has 1 saturated heterocycles. The molecule has 2 aromatic carbocycles. The highest BCUT2D eigenvalue weighted by Crippen LogP contribution is 2.33. The first-order valence-electron chi connectivity index (χ1n) is 9.98. The molecule has 6 nitrogen and oxygen atoms in total. The summed E-state index contributed by atoms with van der Waals surface area (Å²) in [6.07, 6.45) is 0. The van der Waals surface area contributed by atoms with E-state index in [4.69, 9.17) is 19.2 Å². The van der Waals surface area contributed by atoms with Crippen LogP contribution in [0.25, 0.3) is 11.3 Å². The molecular formula is C23H27N3O3S. The molecule has 2 heterocycles. The van der Waals surface area contributed by atoms with E-state index in [-0.39, 0.29) is 0 Å². The molecule has 1 aromatic heterocycles. The fourth-order valence-electron chi connectivity index (χ4n) is 3.54. The summed E-state index contributed by atoms with van der Waals surface area (Å²) < 4.78 is 18.7. The van der Waals surface area contributed by atoms with E-state index in [0.717, 1.165) is 46.1 Å². The van der Waals surface area contributed by atoms with E-state index in [0.29, 0.717) is 19.0 Å². The molecule has 30 heavy (non-hydrogen) atoms. The van der Waals surface area contributed by atoms with Gasteiger partial charge in [-0.3, -0.25) is 0 Å². The first kappa shape index (κ1) is 20.5. The number of morpholine rings is 1. The van der Waals surface area contributed by atoms with Crippen LogP contribution in [0, 0.1) is 13.8 Å². The Balaban J connectivity index is 1.88. The topological polar surface area (TPSA) is 48.2 Å². The van der Waals surface area contributed by atoms with Crippen molar-refractivity contribution < 1.29 is 14.2 Å². The van der Waals surface area contributed by atoms with Gasteiger partial charge in [-0.2, -0.15) is 0 Å². The number of aromatic nitrogens is 1. The summed E-state index contributed by atoms with van der Waals surface area (Å²) in [6.45, 7) is 7.24. The van der Waals surface area contributed by atoms with Gasteiger partial charge >= 0.3 is 0 Å². The Morgan fingerprint density at radius 3 is 2.47 bits per heavy atom. The van der Waals surface area contributed by atoms with Crippen molar-refractivity contribution in [1.29, 1.82) is 0 Å². The predicted octanol–water partition coefficient (Wildman–Crippen LogP) is 4.05. The fourth-order valence-corrected chi connectivity index (χ4v) is 4.46. The number of hydrogen-bond donors (Lipinski definition) is 0. The molecular weight excluding hydrogens is 398 g/mol. The van der Waals surface area contributed by atoms with Crippen molar-refractivity contribution >= 4 is 17.0 Å². The molecule has 1 aliphatic rings. The minimum atomic E-state index is 0.705.